The summed E-state index contributed by atoms with van der Waals surface area (Å²) >= 11 is 1.57. The molecule has 17 heavy (non-hydrogen) atoms. The topological polar surface area (TPSA) is 55.1 Å². The number of carbonyl (C=O) groups is 1. The Morgan fingerprint density at radius 2 is 2.35 bits per heavy atom. The number of amides is 1. The number of hydrogen-bond donors (Lipinski definition) is 1. The van der Waals surface area contributed by atoms with Crippen LogP contribution in [-0.4, -0.2) is 16.9 Å². The average Bonchev–Trinajstić information content (AvgIpc) is 2.81. The molecule has 88 valence electrons. The fourth-order valence-corrected chi connectivity index (χ4v) is 2.16. The number of carbonyl (C=O) groups excluding carboxylic acids is 1. The van der Waals surface area contributed by atoms with E-state index in [9.17, 15) is 4.79 Å². The first-order chi connectivity index (χ1) is 8.22. The van der Waals surface area contributed by atoms with E-state index in [2.05, 4.69) is 10.3 Å². The minimum absolute atomic E-state index is 0.134. The number of nitrogens with one attached hydrogen (secondary N) is 1. The van der Waals surface area contributed by atoms with Crippen molar-refractivity contribution < 1.29 is 9.21 Å². The van der Waals surface area contributed by atoms with Crippen LogP contribution < -0.4 is 5.32 Å². The van der Waals surface area contributed by atoms with E-state index in [1.54, 1.807) is 23.5 Å². The number of aromatic nitrogens is 1. The Balaban J connectivity index is 1.79. The Morgan fingerprint density at radius 1 is 1.53 bits per heavy atom. The predicted molar refractivity (Wildman–Crippen MR) is 65.0 cm³/mol. The van der Waals surface area contributed by atoms with Gasteiger partial charge in [-0.2, -0.15) is 0 Å². The zero-order valence-electron chi connectivity index (χ0n) is 9.40. The Bertz CT molecular complexity index is 554. The van der Waals surface area contributed by atoms with Crippen molar-refractivity contribution in [1.82, 2.24) is 10.3 Å². The van der Waals surface area contributed by atoms with Gasteiger partial charge in [0.25, 0.3) is 5.91 Å². The van der Waals surface area contributed by atoms with Crippen LogP contribution in [0.1, 0.15) is 28.4 Å². The van der Waals surface area contributed by atoms with Gasteiger partial charge in [-0.25, -0.2) is 4.98 Å². The molecule has 4 nitrogen and oxygen atoms in total. The van der Waals surface area contributed by atoms with Crippen LogP contribution in [0.4, 0.5) is 0 Å². The Hall–Kier alpha value is -1.62. The summed E-state index contributed by atoms with van der Waals surface area (Å²) in [4.78, 5) is 16.0. The molecule has 1 saturated carbocycles. The highest BCUT2D eigenvalue weighted by molar-refractivity contribution is 7.09. The number of furan rings is 1. The summed E-state index contributed by atoms with van der Waals surface area (Å²) in [6, 6.07) is 3.83. The van der Waals surface area contributed by atoms with Crippen LogP contribution in [0.2, 0.25) is 0 Å². The zero-order chi connectivity index (χ0) is 11.8. The van der Waals surface area contributed by atoms with Gasteiger partial charge in [0.2, 0.25) is 0 Å². The highest BCUT2D eigenvalue weighted by Gasteiger charge is 2.25. The van der Waals surface area contributed by atoms with Gasteiger partial charge in [0.1, 0.15) is 5.69 Å². The van der Waals surface area contributed by atoms with Crippen molar-refractivity contribution >= 4 is 17.2 Å². The molecule has 0 radical (unpaired) electrons. The van der Waals surface area contributed by atoms with Gasteiger partial charge >= 0.3 is 0 Å². The summed E-state index contributed by atoms with van der Waals surface area (Å²) in [5.74, 6) is 0.874. The third-order valence-corrected chi connectivity index (χ3v) is 3.39. The summed E-state index contributed by atoms with van der Waals surface area (Å²) in [5, 5.41) is 5.80. The van der Waals surface area contributed by atoms with Crippen LogP contribution in [-0.2, 0) is 0 Å². The minimum Gasteiger partial charge on any atom is -0.449 e. The molecule has 2 aromatic heterocycles. The smallest absolute Gasteiger partial charge is 0.287 e. The van der Waals surface area contributed by atoms with Gasteiger partial charge in [-0.15, -0.1) is 11.3 Å². The number of nitrogens with zero attached hydrogens (tertiary/aromatic N) is 1. The van der Waals surface area contributed by atoms with E-state index >= 15 is 0 Å². The van der Waals surface area contributed by atoms with Crippen molar-refractivity contribution in [3.05, 3.63) is 28.3 Å². The fraction of sp³-hybridized carbons (Fsp3) is 0.333. The summed E-state index contributed by atoms with van der Waals surface area (Å²) in [7, 11) is 0. The fourth-order valence-electron chi connectivity index (χ4n) is 1.56. The van der Waals surface area contributed by atoms with Crippen LogP contribution in [0.3, 0.4) is 0 Å². The quantitative estimate of drug-likeness (QED) is 0.908. The lowest BCUT2D eigenvalue weighted by Gasteiger charge is -1.98. The molecule has 0 aromatic carbocycles. The van der Waals surface area contributed by atoms with E-state index < -0.39 is 0 Å². The third kappa shape index (κ3) is 2.24. The Morgan fingerprint density at radius 3 is 3.00 bits per heavy atom. The molecule has 0 atom stereocenters. The largest absolute Gasteiger partial charge is 0.449 e. The molecule has 0 bridgehead atoms. The maximum atomic E-state index is 11.7. The van der Waals surface area contributed by atoms with E-state index in [0.717, 1.165) is 23.5 Å². The second kappa shape index (κ2) is 4.00. The van der Waals surface area contributed by atoms with Crippen LogP contribution >= 0.6 is 11.3 Å². The molecule has 2 heterocycles. The van der Waals surface area contributed by atoms with Gasteiger partial charge in [0.15, 0.2) is 11.5 Å². The zero-order valence-corrected chi connectivity index (χ0v) is 10.2. The highest BCUT2D eigenvalue weighted by Crippen LogP contribution is 2.24. The summed E-state index contributed by atoms with van der Waals surface area (Å²) in [6.45, 7) is 1.94. The van der Waals surface area contributed by atoms with Crippen molar-refractivity contribution in [3.8, 4) is 11.5 Å². The van der Waals surface area contributed by atoms with Gasteiger partial charge in [-0.05, 0) is 31.9 Å². The monoisotopic (exact) mass is 248 g/mol. The molecule has 0 unspecified atom stereocenters. The summed E-state index contributed by atoms with van der Waals surface area (Å²) < 4.78 is 5.51. The summed E-state index contributed by atoms with van der Waals surface area (Å²) in [6.07, 6.45) is 2.15. The van der Waals surface area contributed by atoms with Crippen LogP contribution in [0, 0.1) is 6.92 Å². The van der Waals surface area contributed by atoms with Crippen LogP contribution in [0.25, 0.3) is 11.5 Å². The van der Waals surface area contributed by atoms with Crippen molar-refractivity contribution in [3.63, 3.8) is 0 Å². The van der Waals surface area contributed by atoms with Gasteiger partial charge in [-0.1, -0.05) is 0 Å². The molecule has 2 aromatic rings. The molecule has 1 aliphatic rings. The van der Waals surface area contributed by atoms with Crippen molar-refractivity contribution in [1.29, 1.82) is 0 Å². The van der Waals surface area contributed by atoms with E-state index in [1.165, 1.54) is 0 Å². The predicted octanol–water partition coefficient (Wildman–Crippen LogP) is 2.60. The maximum absolute atomic E-state index is 11.7. The lowest BCUT2D eigenvalue weighted by Crippen LogP contribution is -2.24. The van der Waals surface area contributed by atoms with Gasteiger partial charge in [0.05, 0.1) is 5.01 Å². The average molecular weight is 248 g/mol. The first-order valence-corrected chi connectivity index (χ1v) is 6.43. The minimum atomic E-state index is -0.134. The van der Waals surface area contributed by atoms with Gasteiger partial charge in [-0.3, -0.25) is 4.79 Å². The van der Waals surface area contributed by atoms with Gasteiger partial charge < -0.3 is 9.73 Å². The SMILES string of the molecule is Cc1nc(-c2ccc(C(=O)NC3CC3)o2)cs1. The lowest BCUT2D eigenvalue weighted by molar-refractivity contribution is 0.0924. The molecule has 0 spiro atoms. The van der Waals surface area contributed by atoms with E-state index in [-0.39, 0.29) is 5.91 Å². The molecule has 3 rings (SSSR count). The third-order valence-electron chi connectivity index (χ3n) is 2.61. The van der Waals surface area contributed by atoms with E-state index in [0.29, 0.717) is 17.6 Å². The molecule has 1 amide bonds. The molecule has 0 aliphatic heterocycles. The molecule has 1 aliphatic carbocycles. The molecular weight excluding hydrogens is 236 g/mol. The lowest BCUT2D eigenvalue weighted by atomic mass is 10.3. The van der Waals surface area contributed by atoms with Crippen molar-refractivity contribution in [2.24, 2.45) is 0 Å². The molecule has 0 saturated heterocycles. The number of aryl methyl sites for hydroxylation is 1. The molecule has 1 N–H and O–H groups in total. The normalized spacial score (nSPS) is 14.9. The Labute approximate surface area is 103 Å². The molecular formula is C12H12N2O2S. The molecule has 5 heteroatoms. The first kappa shape index (κ1) is 10.5. The number of rotatable bonds is 3. The van der Waals surface area contributed by atoms with E-state index in [1.807, 2.05) is 12.3 Å². The van der Waals surface area contributed by atoms with Crippen molar-refractivity contribution in [2.75, 3.05) is 0 Å². The number of thiazole rings is 1. The number of hydrogen-bond acceptors (Lipinski definition) is 4. The maximum Gasteiger partial charge on any atom is 0.287 e. The first-order valence-electron chi connectivity index (χ1n) is 5.55. The van der Waals surface area contributed by atoms with Crippen LogP contribution in [0.15, 0.2) is 21.9 Å². The van der Waals surface area contributed by atoms with Gasteiger partial charge in [0, 0.05) is 11.4 Å². The summed E-state index contributed by atoms with van der Waals surface area (Å²) in [5.41, 5.74) is 0.790. The second-order valence-electron chi connectivity index (χ2n) is 4.16. The standard InChI is InChI=1S/C12H12N2O2S/c1-7-13-9(6-17-7)10-4-5-11(16-10)12(15)14-8-2-3-8/h4-6,8H,2-3H2,1H3,(H,14,15). The highest BCUT2D eigenvalue weighted by atomic mass is 32.1. The van der Waals surface area contributed by atoms with Crippen LogP contribution in [0.5, 0.6) is 0 Å². The molecule has 1 fully saturated rings. The Kier molecular flexibility index (Phi) is 2.48. The second-order valence-corrected chi connectivity index (χ2v) is 5.23. The van der Waals surface area contributed by atoms with E-state index in [4.69, 9.17) is 4.42 Å². The van der Waals surface area contributed by atoms with Crippen molar-refractivity contribution in [2.45, 2.75) is 25.8 Å².